The maximum atomic E-state index is 5.93. The van der Waals surface area contributed by atoms with E-state index in [1.165, 1.54) is 5.56 Å². The van der Waals surface area contributed by atoms with Crippen LogP contribution in [0.5, 0.6) is 0 Å². The normalized spacial score (nSPS) is 12.9. The molecule has 1 aromatic heterocycles. The molecule has 0 amide bonds. The molecule has 0 fully saturated rings. The number of aryl methyl sites for hydroxylation is 1. The van der Waals surface area contributed by atoms with E-state index in [1.807, 2.05) is 19.3 Å². The molecular formula is C10H16N2. The Morgan fingerprint density at radius 2 is 2.25 bits per heavy atom. The van der Waals surface area contributed by atoms with Crippen LogP contribution in [0.1, 0.15) is 36.9 Å². The zero-order chi connectivity index (χ0) is 8.97. The van der Waals surface area contributed by atoms with Gasteiger partial charge in [-0.1, -0.05) is 19.4 Å². The molecule has 2 nitrogen and oxygen atoms in total. The average molecular weight is 164 g/mol. The minimum atomic E-state index is 0.155. The fourth-order valence-electron chi connectivity index (χ4n) is 1.26. The van der Waals surface area contributed by atoms with E-state index in [1.54, 1.807) is 0 Å². The van der Waals surface area contributed by atoms with E-state index in [4.69, 9.17) is 5.73 Å². The zero-order valence-corrected chi connectivity index (χ0v) is 7.75. The second-order valence-electron chi connectivity index (χ2n) is 3.19. The molecule has 66 valence electrons. The van der Waals surface area contributed by atoms with Gasteiger partial charge in [-0.2, -0.15) is 0 Å². The predicted octanol–water partition coefficient (Wildman–Crippen LogP) is 2.19. The maximum Gasteiger partial charge on any atom is 0.0315 e. The van der Waals surface area contributed by atoms with Gasteiger partial charge >= 0.3 is 0 Å². The molecule has 1 heterocycles. The zero-order valence-electron chi connectivity index (χ0n) is 7.75. The molecule has 0 radical (unpaired) electrons. The van der Waals surface area contributed by atoms with Gasteiger partial charge in [0.1, 0.15) is 0 Å². The van der Waals surface area contributed by atoms with Crippen LogP contribution in [-0.2, 0) is 0 Å². The van der Waals surface area contributed by atoms with Crippen LogP contribution in [0, 0.1) is 6.92 Å². The van der Waals surface area contributed by atoms with Crippen molar-refractivity contribution >= 4 is 0 Å². The Balaban J connectivity index is 2.73. The molecular weight excluding hydrogens is 148 g/mol. The van der Waals surface area contributed by atoms with E-state index in [2.05, 4.69) is 18.0 Å². The molecule has 12 heavy (non-hydrogen) atoms. The molecule has 1 atom stereocenters. The molecule has 1 aromatic rings. The summed E-state index contributed by atoms with van der Waals surface area (Å²) in [7, 11) is 0. The SMILES string of the molecule is CCC[C@@H](N)c1cncc(C)c1. The topological polar surface area (TPSA) is 38.9 Å². The summed E-state index contributed by atoms with van der Waals surface area (Å²) < 4.78 is 0. The van der Waals surface area contributed by atoms with E-state index >= 15 is 0 Å². The first kappa shape index (κ1) is 9.20. The molecule has 0 bridgehead atoms. The molecule has 0 aliphatic carbocycles. The highest BCUT2D eigenvalue weighted by Gasteiger charge is 2.03. The van der Waals surface area contributed by atoms with Crippen LogP contribution in [0.15, 0.2) is 18.5 Å². The standard InChI is InChI=1S/C10H16N2/c1-3-4-10(11)9-5-8(2)6-12-7-9/h5-7,10H,3-4,11H2,1-2H3/t10-/m1/s1. The number of nitrogens with zero attached hydrogens (tertiary/aromatic N) is 1. The van der Waals surface area contributed by atoms with E-state index in [0.717, 1.165) is 18.4 Å². The molecule has 2 heteroatoms. The molecule has 0 aliphatic heterocycles. The number of hydrogen-bond acceptors (Lipinski definition) is 2. The van der Waals surface area contributed by atoms with Gasteiger partial charge in [-0.15, -0.1) is 0 Å². The number of rotatable bonds is 3. The summed E-state index contributed by atoms with van der Waals surface area (Å²) in [6.07, 6.45) is 5.86. The highest BCUT2D eigenvalue weighted by molar-refractivity contribution is 5.19. The Hall–Kier alpha value is -0.890. The van der Waals surface area contributed by atoms with Crippen molar-refractivity contribution in [3.63, 3.8) is 0 Å². The summed E-state index contributed by atoms with van der Waals surface area (Å²) in [4.78, 5) is 4.11. The first-order chi connectivity index (χ1) is 5.74. The van der Waals surface area contributed by atoms with Gasteiger partial charge in [0, 0.05) is 18.4 Å². The molecule has 0 saturated carbocycles. The van der Waals surface area contributed by atoms with E-state index in [9.17, 15) is 0 Å². The monoisotopic (exact) mass is 164 g/mol. The summed E-state index contributed by atoms with van der Waals surface area (Å²) in [5, 5.41) is 0. The molecule has 1 rings (SSSR count). The Morgan fingerprint density at radius 1 is 1.50 bits per heavy atom. The van der Waals surface area contributed by atoms with Gasteiger partial charge in [-0.25, -0.2) is 0 Å². The molecule has 2 N–H and O–H groups in total. The van der Waals surface area contributed by atoms with Crippen molar-refractivity contribution in [1.29, 1.82) is 0 Å². The molecule has 0 aliphatic rings. The second kappa shape index (κ2) is 4.21. The molecule has 0 unspecified atom stereocenters. The highest BCUT2D eigenvalue weighted by atomic mass is 14.7. The number of nitrogens with two attached hydrogens (primary N) is 1. The van der Waals surface area contributed by atoms with Gasteiger partial charge < -0.3 is 5.73 Å². The summed E-state index contributed by atoms with van der Waals surface area (Å²) in [5.41, 5.74) is 8.26. The minimum absolute atomic E-state index is 0.155. The van der Waals surface area contributed by atoms with Gasteiger partial charge in [0.15, 0.2) is 0 Å². The van der Waals surface area contributed by atoms with Gasteiger partial charge in [0.25, 0.3) is 0 Å². The third-order valence-corrected chi connectivity index (χ3v) is 1.92. The van der Waals surface area contributed by atoms with Crippen LogP contribution in [0.2, 0.25) is 0 Å². The van der Waals surface area contributed by atoms with Crippen molar-refractivity contribution in [1.82, 2.24) is 4.98 Å². The molecule has 0 aromatic carbocycles. The maximum absolute atomic E-state index is 5.93. The summed E-state index contributed by atoms with van der Waals surface area (Å²) >= 11 is 0. The van der Waals surface area contributed by atoms with Crippen molar-refractivity contribution < 1.29 is 0 Å². The summed E-state index contributed by atoms with van der Waals surface area (Å²) in [6, 6.07) is 2.26. The fourth-order valence-corrected chi connectivity index (χ4v) is 1.26. The number of pyridine rings is 1. The quantitative estimate of drug-likeness (QED) is 0.743. The van der Waals surface area contributed by atoms with Crippen LogP contribution >= 0.6 is 0 Å². The van der Waals surface area contributed by atoms with Gasteiger partial charge in [0.05, 0.1) is 0 Å². The van der Waals surface area contributed by atoms with Crippen molar-refractivity contribution in [3.8, 4) is 0 Å². The number of aromatic nitrogens is 1. The highest BCUT2D eigenvalue weighted by Crippen LogP contribution is 2.14. The van der Waals surface area contributed by atoms with Gasteiger partial charge in [0.2, 0.25) is 0 Å². The lowest BCUT2D eigenvalue weighted by Crippen LogP contribution is -2.10. The Bertz CT molecular complexity index is 245. The average Bonchev–Trinajstić information content (AvgIpc) is 2.05. The smallest absolute Gasteiger partial charge is 0.0315 e. The van der Waals surface area contributed by atoms with E-state index in [0.29, 0.717) is 0 Å². The third kappa shape index (κ3) is 2.31. The second-order valence-corrected chi connectivity index (χ2v) is 3.19. The lowest BCUT2D eigenvalue weighted by molar-refractivity contribution is 0.635. The summed E-state index contributed by atoms with van der Waals surface area (Å²) in [6.45, 7) is 4.18. The van der Waals surface area contributed by atoms with Crippen LogP contribution in [0.3, 0.4) is 0 Å². The van der Waals surface area contributed by atoms with Crippen molar-refractivity contribution in [2.24, 2.45) is 5.73 Å². The van der Waals surface area contributed by atoms with Crippen molar-refractivity contribution in [3.05, 3.63) is 29.6 Å². The first-order valence-electron chi connectivity index (χ1n) is 4.41. The van der Waals surface area contributed by atoms with Crippen molar-refractivity contribution in [2.45, 2.75) is 32.7 Å². The molecule has 0 spiro atoms. The van der Waals surface area contributed by atoms with Crippen LogP contribution in [0.25, 0.3) is 0 Å². The van der Waals surface area contributed by atoms with E-state index in [-0.39, 0.29) is 6.04 Å². The fraction of sp³-hybridized carbons (Fsp3) is 0.500. The predicted molar refractivity (Wildman–Crippen MR) is 50.8 cm³/mol. The van der Waals surface area contributed by atoms with E-state index < -0.39 is 0 Å². The van der Waals surface area contributed by atoms with Gasteiger partial charge in [-0.05, 0) is 24.5 Å². The lowest BCUT2D eigenvalue weighted by atomic mass is 10.0. The largest absolute Gasteiger partial charge is 0.324 e. The van der Waals surface area contributed by atoms with Crippen LogP contribution in [-0.4, -0.2) is 4.98 Å². The Morgan fingerprint density at radius 3 is 2.83 bits per heavy atom. The van der Waals surface area contributed by atoms with Crippen LogP contribution < -0.4 is 5.73 Å². The first-order valence-corrected chi connectivity index (χ1v) is 4.41. The molecule has 0 saturated heterocycles. The number of hydrogen-bond donors (Lipinski definition) is 1. The Kier molecular flexibility index (Phi) is 3.23. The van der Waals surface area contributed by atoms with Crippen molar-refractivity contribution in [2.75, 3.05) is 0 Å². The van der Waals surface area contributed by atoms with Gasteiger partial charge in [-0.3, -0.25) is 4.98 Å². The Labute approximate surface area is 73.8 Å². The minimum Gasteiger partial charge on any atom is -0.324 e. The lowest BCUT2D eigenvalue weighted by Gasteiger charge is -2.09. The third-order valence-electron chi connectivity index (χ3n) is 1.92. The van der Waals surface area contributed by atoms with Crippen LogP contribution in [0.4, 0.5) is 0 Å². The summed E-state index contributed by atoms with van der Waals surface area (Å²) in [5.74, 6) is 0.